The molecular formula is C13H19NO3S2. The van der Waals surface area contributed by atoms with Crippen LogP contribution in [-0.4, -0.2) is 29.3 Å². The molecule has 0 radical (unpaired) electrons. The van der Waals surface area contributed by atoms with Crippen molar-refractivity contribution in [1.82, 2.24) is 5.32 Å². The smallest absolute Gasteiger partial charge is 0.303 e. The maximum absolute atomic E-state index is 11.6. The minimum Gasteiger partial charge on any atom is -0.481 e. The number of hydrogen-bond donors (Lipinski definition) is 2. The average molecular weight is 301 g/mol. The number of carbonyl (C=O) groups excluding carboxylic acids is 1. The van der Waals surface area contributed by atoms with Gasteiger partial charge in [-0.3, -0.25) is 9.59 Å². The van der Waals surface area contributed by atoms with Crippen molar-refractivity contribution < 1.29 is 14.7 Å². The molecule has 0 saturated carbocycles. The molecule has 1 heterocycles. The maximum atomic E-state index is 11.6. The lowest BCUT2D eigenvalue weighted by atomic mass is 10.1. The summed E-state index contributed by atoms with van der Waals surface area (Å²) < 4.78 is 0. The van der Waals surface area contributed by atoms with E-state index >= 15 is 0 Å². The van der Waals surface area contributed by atoms with Crippen LogP contribution in [0.15, 0.2) is 17.5 Å². The van der Waals surface area contributed by atoms with Gasteiger partial charge in [0.2, 0.25) is 5.91 Å². The molecule has 2 N–H and O–H groups in total. The molecule has 0 aliphatic rings. The van der Waals surface area contributed by atoms with Crippen LogP contribution >= 0.6 is 23.1 Å². The summed E-state index contributed by atoms with van der Waals surface area (Å²) in [6.45, 7) is 2.49. The summed E-state index contributed by atoms with van der Waals surface area (Å²) in [5, 5.41) is 13.4. The van der Waals surface area contributed by atoms with Gasteiger partial charge in [-0.15, -0.1) is 23.1 Å². The van der Waals surface area contributed by atoms with Gasteiger partial charge in [0.05, 0.1) is 5.75 Å². The summed E-state index contributed by atoms with van der Waals surface area (Å²) in [6.07, 6.45) is 0.752. The van der Waals surface area contributed by atoms with Gasteiger partial charge in [0.25, 0.3) is 0 Å². The Morgan fingerprint density at radius 3 is 2.95 bits per heavy atom. The summed E-state index contributed by atoms with van der Waals surface area (Å²) >= 11 is 3.29. The Bertz CT molecular complexity index is 393. The molecule has 1 aromatic rings. The van der Waals surface area contributed by atoms with Crippen LogP contribution in [0, 0.1) is 5.92 Å². The maximum Gasteiger partial charge on any atom is 0.303 e. The minimum absolute atomic E-state index is 0.0173. The number of thioether (sulfide) groups is 1. The first-order valence-corrected chi connectivity index (χ1v) is 8.20. The van der Waals surface area contributed by atoms with E-state index in [1.165, 1.54) is 4.88 Å². The van der Waals surface area contributed by atoms with Crippen molar-refractivity contribution in [2.75, 3.05) is 12.3 Å². The number of thiophene rings is 1. The lowest BCUT2D eigenvalue weighted by Crippen LogP contribution is -2.29. The van der Waals surface area contributed by atoms with Gasteiger partial charge in [0.1, 0.15) is 0 Å². The van der Waals surface area contributed by atoms with Gasteiger partial charge < -0.3 is 10.4 Å². The third-order valence-corrected chi connectivity index (χ3v) is 4.60. The van der Waals surface area contributed by atoms with Gasteiger partial charge in [-0.2, -0.15) is 0 Å². The first kappa shape index (κ1) is 16.0. The van der Waals surface area contributed by atoms with Gasteiger partial charge in [-0.25, -0.2) is 0 Å². The normalized spacial score (nSPS) is 12.1. The molecule has 0 spiro atoms. The highest BCUT2D eigenvalue weighted by atomic mass is 32.2. The lowest BCUT2D eigenvalue weighted by molar-refractivity contribution is -0.137. The molecule has 1 rings (SSSR count). The SMILES string of the molecule is CC(CCC(=O)O)CNC(=O)CSCc1cccs1. The Morgan fingerprint density at radius 2 is 2.32 bits per heavy atom. The zero-order valence-electron chi connectivity index (χ0n) is 10.9. The van der Waals surface area contributed by atoms with Gasteiger partial charge >= 0.3 is 5.97 Å². The lowest BCUT2D eigenvalue weighted by Gasteiger charge is -2.11. The molecular weight excluding hydrogens is 282 g/mol. The van der Waals surface area contributed by atoms with E-state index in [1.54, 1.807) is 23.1 Å². The van der Waals surface area contributed by atoms with Gasteiger partial charge in [-0.1, -0.05) is 13.0 Å². The molecule has 19 heavy (non-hydrogen) atoms. The highest BCUT2D eigenvalue weighted by molar-refractivity contribution is 7.99. The molecule has 106 valence electrons. The Balaban J connectivity index is 2.05. The molecule has 0 aromatic carbocycles. The van der Waals surface area contributed by atoms with Gasteiger partial charge in [-0.05, 0) is 23.8 Å². The Kier molecular flexibility index (Phi) is 7.59. The van der Waals surface area contributed by atoms with E-state index in [2.05, 4.69) is 11.4 Å². The fourth-order valence-electron chi connectivity index (χ4n) is 1.45. The molecule has 0 aliphatic carbocycles. The topological polar surface area (TPSA) is 66.4 Å². The minimum atomic E-state index is -0.787. The highest BCUT2D eigenvalue weighted by Gasteiger charge is 2.08. The monoisotopic (exact) mass is 301 g/mol. The molecule has 4 nitrogen and oxygen atoms in total. The standard InChI is InChI=1S/C13H19NO3S2/c1-10(4-5-13(16)17)7-14-12(15)9-18-8-11-3-2-6-19-11/h2-3,6,10H,4-5,7-9H2,1H3,(H,14,15)(H,16,17). The van der Waals surface area contributed by atoms with Crippen molar-refractivity contribution in [3.05, 3.63) is 22.4 Å². The summed E-state index contributed by atoms with van der Waals surface area (Å²) in [7, 11) is 0. The van der Waals surface area contributed by atoms with Crippen LogP contribution < -0.4 is 5.32 Å². The first-order chi connectivity index (χ1) is 9.08. The van der Waals surface area contributed by atoms with Crippen LogP contribution in [0.5, 0.6) is 0 Å². The van der Waals surface area contributed by atoms with E-state index in [0.29, 0.717) is 18.7 Å². The second-order valence-corrected chi connectivity index (χ2v) is 6.43. The molecule has 6 heteroatoms. The van der Waals surface area contributed by atoms with Crippen molar-refractivity contribution in [2.24, 2.45) is 5.92 Å². The predicted molar refractivity (Wildman–Crippen MR) is 79.5 cm³/mol. The van der Waals surface area contributed by atoms with Crippen LogP contribution in [0.25, 0.3) is 0 Å². The van der Waals surface area contributed by atoms with E-state index in [4.69, 9.17) is 5.11 Å². The zero-order valence-corrected chi connectivity index (χ0v) is 12.6. The van der Waals surface area contributed by atoms with Crippen molar-refractivity contribution in [1.29, 1.82) is 0 Å². The van der Waals surface area contributed by atoms with Gasteiger partial charge in [0, 0.05) is 23.6 Å². The number of carbonyl (C=O) groups is 2. The van der Waals surface area contributed by atoms with Crippen LogP contribution in [-0.2, 0) is 15.3 Å². The molecule has 0 saturated heterocycles. The largest absolute Gasteiger partial charge is 0.481 e. The molecule has 0 aliphatic heterocycles. The number of nitrogens with one attached hydrogen (secondary N) is 1. The number of aliphatic carboxylic acids is 1. The zero-order chi connectivity index (χ0) is 14.1. The predicted octanol–water partition coefficient (Wildman–Crippen LogP) is 2.60. The van der Waals surface area contributed by atoms with Crippen molar-refractivity contribution in [3.8, 4) is 0 Å². The summed E-state index contributed by atoms with van der Waals surface area (Å²) in [6, 6.07) is 4.06. The van der Waals surface area contributed by atoms with Crippen molar-refractivity contribution in [3.63, 3.8) is 0 Å². The summed E-state index contributed by atoms with van der Waals surface area (Å²) in [5.41, 5.74) is 0. The number of carboxylic acids is 1. The molecule has 1 atom stereocenters. The van der Waals surface area contributed by atoms with E-state index < -0.39 is 5.97 Å². The highest BCUT2D eigenvalue weighted by Crippen LogP contribution is 2.16. The molecule has 0 bridgehead atoms. The van der Waals surface area contributed by atoms with Gasteiger partial charge in [0.15, 0.2) is 0 Å². The van der Waals surface area contributed by atoms with Crippen LogP contribution in [0.2, 0.25) is 0 Å². The number of carboxylic acid groups (broad SMARTS) is 1. The molecule has 1 unspecified atom stereocenters. The van der Waals surface area contributed by atoms with E-state index in [0.717, 1.165) is 5.75 Å². The second kappa shape index (κ2) is 8.98. The number of rotatable bonds is 9. The summed E-state index contributed by atoms with van der Waals surface area (Å²) in [5.74, 6) is 0.735. The fraction of sp³-hybridized carbons (Fsp3) is 0.538. The summed E-state index contributed by atoms with van der Waals surface area (Å²) in [4.78, 5) is 23.2. The Labute approximate surface area is 121 Å². The van der Waals surface area contributed by atoms with E-state index in [9.17, 15) is 9.59 Å². The van der Waals surface area contributed by atoms with E-state index in [1.807, 2.05) is 18.4 Å². The Morgan fingerprint density at radius 1 is 1.53 bits per heavy atom. The first-order valence-electron chi connectivity index (χ1n) is 6.16. The molecule has 1 aromatic heterocycles. The van der Waals surface area contributed by atoms with Crippen LogP contribution in [0.1, 0.15) is 24.6 Å². The third-order valence-electron chi connectivity index (χ3n) is 2.56. The molecule has 0 fully saturated rings. The fourth-order valence-corrected chi connectivity index (χ4v) is 3.15. The average Bonchev–Trinajstić information content (AvgIpc) is 2.87. The van der Waals surface area contributed by atoms with E-state index in [-0.39, 0.29) is 18.2 Å². The van der Waals surface area contributed by atoms with Crippen LogP contribution in [0.4, 0.5) is 0 Å². The third kappa shape index (κ3) is 7.89. The Hall–Kier alpha value is -1.01. The number of amides is 1. The molecule has 1 amide bonds. The number of hydrogen-bond acceptors (Lipinski definition) is 4. The van der Waals surface area contributed by atoms with Crippen molar-refractivity contribution >= 4 is 35.0 Å². The van der Waals surface area contributed by atoms with Crippen LogP contribution in [0.3, 0.4) is 0 Å². The second-order valence-electron chi connectivity index (χ2n) is 4.41. The quantitative estimate of drug-likeness (QED) is 0.736. The van der Waals surface area contributed by atoms with Crippen molar-refractivity contribution in [2.45, 2.75) is 25.5 Å².